The van der Waals surface area contributed by atoms with Gasteiger partial charge in [-0.25, -0.2) is 4.79 Å². The highest BCUT2D eigenvalue weighted by atomic mass is 16.4. The van der Waals surface area contributed by atoms with Gasteiger partial charge in [-0.05, 0) is 19.8 Å². The van der Waals surface area contributed by atoms with Crippen molar-refractivity contribution in [3.63, 3.8) is 0 Å². The van der Waals surface area contributed by atoms with Crippen molar-refractivity contribution in [1.82, 2.24) is 5.32 Å². The Hall–Kier alpha value is -1.32. The number of rotatable bonds is 3. The lowest BCUT2D eigenvalue weighted by molar-refractivity contribution is -0.135. The van der Waals surface area contributed by atoms with Crippen LogP contribution in [0.4, 0.5) is 0 Å². The molecule has 0 unspecified atom stereocenters. The topological polar surface area (TPSA) is 66.4 Å². The quantitative estimate of drug-likeness (QED) is 0.698. The van der Waals surface area contributed by atoms with Crippen LogP contribution >= 0.6 is 0 Å². The summed E-state index contributed by atoms with van der Waals surface area (Å²) in [6.07, 6.45) is 6.47. The second-order valence-corrected chi connectivity index (χ2v) is 3.83. The fraction of sp³-hybridized carbons (Fsp3) is 0.636. The van der Waals surface area contributed by atoms with Crippen molar-refractivity contribution in [1.29, 1.82) is 0 Å². The first-order chi connectivity index (χ1) is 7.15. The fourth-order valence-corrected chi connectivity index (χ4v) is 1.85. The van der Waals surface area contributed by atoms with Gasteiger partial charge in [0.25, 0.3) is 0 Å². The molecule has 0 radical (unpaired) electrons. The van der Waals surface area contributed by atoms with E-state index < -0.39 is 5.97 Å². The van der Waals surface area contributed by atoms with Gasteiger partial charge in [-0.3, -0.25) is 4.79 Å². The van der Waals surface area contributed by atoms with E-state index in [1.54, 1.807) is 6.92 Å². The van der Waals surface area contributed by atoms with Crippen LogP contribution < -0.4 is 5.32 Å². The van der Waals surface area contributed by atoms with Crippen LogP contribution in [0, 0.1) is 5.92 Å². The number of hydrogen-bond acceptors (Lipinski definition) is 2. The number of amides is 1. The average molecular weight is 211 g/mol. The zero-order valence-corrected chi connectivity index (χ0v) is 8.95. The van der Waals surface area contributed by atoms with E-state index in [4.69, 9.17) is 5.11 Å². The molecule has 0 aromatic carbocycles. The zero-order valence-electron chi connectivity index (χ0n) is 8.95. The van der Waals surface area contributed by atoms with Crippen LogP contribution in [0.5, 0.6) is 0 Å². The Morgan fingerprint density at radius 3 is 2.33 bits per heavy atom. The minimum absolute atomic E-state index is 0.00644. The highest BCUT2D eigenvalue weighted by molar-refractivity contribution is 5.93. The van der Waals surface area contributed by atoms with Gasteiger partial charge in [0, 0.05) is 5.92 Å². The summed E-state index contributed by atoms with van der Waals surface area (Å²) < 4.78 is 0. The molecule has 1 rings (SSSR count). The van der Waals surface area contributed by atoms with E-state index in [1.165, 1.54) is 12.5 Å². The van der Waals surface area contributed by atoms with E-state index in [-0.39, 0.29) is 17.5 Å². The average Bonchev–Trinajstić information content (AvgIpc) is 2.26. The van der Waals surface area contributed by atoms with E-state index >= 15 is 0 Å². The molecule has 4 heteroatoms. The van der Waals surface area contributed by atoms with Crippen LogP contribution in [-0.2, 0) is 9.59 Å². The first kappa shape index (κ1) is 11.8. The van der Waals surface area contributed by atoms with E-state index in [2.05, 4.69) is 5.32 Å². The first-order valence-electron chi connectivity index (χ1n) is 5.35. The second kappa shape index (κ2) is 5.53. The van der Waals surface area contributed by atoms with Gasteiger partial charge < -0.3 is 10.4 Å². The smallest absolute Gasteiger partial charge is 0.352 e. The first-order valence-corrected chi connectivity index (χ1v) is 5.35. The number of carboxylic acid groups (broad SMARTS) is 1. The summed E-state index contributed by atoms with van der Waals surface area (Å²) in [6.45, 7) is 1.60. The van der Waals surface area contributed by atoms with Gasteiger partial charge >= 0.3 is 5.97 Å². The molecule has 0 aromatic rings. The lowest BCUT2D eigenvalue weighted by atomic mass is 9.88. The number of hydrogen-bond donors (Lipinski definition) is 2. The number of aliphatic carboxylic acids is 1. The Balaban J connectivity index is 2.50. The summed E-state index contributed by atoms with van der Waals surface area (Å²) >= 11 is 0. The van der Waals surface area contributed by atoms with Gasteiger partial charge in [0.15, 0.2) is 0 Å². The van der Waals surface area contributed by atoms with E-state index in [0.29, 0.717) is 0 Å². The maximum Gasteiger partial charge on any atom is 0.352 e. The largest absolute Gasteiger partial charge is 0.477 e. The highest BCUT2D eigenvalue weighted by Crippen LogP contribution is 2.23. The molecular formula is C11H17NO3. The molecular weight excluding hydrogens is 194 g/mol. The summed E-state index contributed by atoms with van der Waals surface area (Å²) in [5.74, 6) is -1.24. The number of carboxylic acids is 1. The molecule has 2 N–H and O–H groups in total. The third kappa shape index (κ3) is 3.38. The zero-order chi connectivity index (χ0) is 11.3. The molecule has 0 bridgehead atoms. The van der Waals surface area contributed by atoms with Crippen molar-refractivity contribution in [2.45, 2.75) is 39.0 Å². The number of carbonyl (C=O) groups is 2. The highest BCUT2D eigenvalue weighted by Gasteiger charge is 2.22. The summed E-state index contributed by atoms with van der Waals surface area (Å²) in [7, 11) is 0. The SMILES string of the molecule is C/C=C(/NC(=O)C1CCCCC1)C(=O)O. The van der Waals surface area contributed by atoms with Gasteiger partial charge in [-0.15, -0.1) is 0 Å². The minimum Gasteiger partial charge on any atom is -0.477 e. The standard InChI is InChI=1S/C11H17NO3/c1-2-9(11(14)15)12-10(13)8-6-4-3-5-7-8/h2,8H,3-7H2,1H3,(H,12,13)(H,14,15)/b9-2+. The molecule has 0 saturated heterocycles. The van der Waals surface area contributed by atoms with Crippen LogP contribution in [0.3, 0.4) is 0 Å². The van der Waals surface area contributed by atoms with Gasteiger partial charge in [0.2, 0.25) is 5.91 Å². The lowest BCUT2D eigenvalue weighted by Crippen LogP contribution is -2.33. The molecule has 0 heterocycles. The monoisotopic (exact) mass is 211 g/mol. The predicted molar refractivity (Wildman–Crippen MR) is 56.1 cm³/mol. The fourth-order valence-electron chi connectivity index (χ4n) is 1.85. The van der Waals surface area contributed by atoms with Crippen LogP contribution in [0.15, 0.2) is 11.8 Å². The van der Waals surface area contributed by atoms with Gasteiger partial charge in [-0.2, -0.15) is 0 Å². The minimum atomic E-state index is -1.08. The summed E-state index contributed by atoms with van der Waals surface area (Å²) in [5.41, 5.74) is -0.0226. The molecule has 1 amide bonds. The van der Waals surface area contributed by atoms with E-state index in [9.17, 15) is 9.59 Å². The Morgan fingerprint density at radius 1 is 1.27 bits per heavy atom. The third-order valence-electron chi connectivity index (χ3n) is 2.75. The van der Waals surface area contributed by atoms with Crippen molar-refractivity contribution in [3.8, 4) is 0 Å². The Labute approximate surface area is 89.4 Å². The molecule has 15 heavy (non-hydrogen) atoms. The van der Waals surface area contributed by atoms with E-state index in [0.717, 1.165) is 25.7 Å². The van der Waals surface area contributed by atoms with Crippen molar-refractivity contribution in [2.75, 3.05) is 0 Å². The Bertz CT molecular complexity index is 278. The van der Waals surface area contributed by atoms with Crippen molar-refractivity contribution in [2.24, 2.45) is 5.92 Å². The normalized spacial score (nSPS) is 18.6. The Kier molecular flexibility index (Phi) is 4.34. The third-order valence-corrected chi connectivity index (χ3v) is 2.75. The molecule has 1 aliphatic rings. The van der Waals surface area contributed by atoms with Crippen LogP contribution in [0.1, 0.15) is 39.0 Å². The molecule has 0 aliphatic heterocycles. The summed E-state index contributed by atoms with van der Waals surface area (Å²) in [4.78, 5) is 22.3. The molecule has 0 aromatic heterocycles. The predicted octanol–water partition coefficient (Wildman–Crippen LogP) is 1.67. The molecule has 0 spiro atoms. The maximum absolute atomic E-state index is 11.7. The molecule has 0 atom stereocenters. The van der Waals surface area contributed by atoms with Gasteiger partial charge in [0.1, 0.15) is 5.70 Å². The molecule has 1 fully saturated rings. The van der Waals surface area contributed by atoms with Crippen molar-refractivity contribution >= 4 is 11.9 Å². The van der Waals surface area contributed by atoms with Crippen LogP contribution in [-0.4, -0.2) is 17.0 Å². The lowest BCUT2D eigenvalue weighted by Gasteiger charge is -2.20. The molecule has 1 saturated carbocycles. The van der Waals surface area contributed by atoms with Crippen molar-refractivity contribution in [3.05, 3.63) is 11.8 Å². The number of nitrogens with one attached hydrogen (secondary N) is 1. The second-order valence-electron chi connectivity index (χ2n) is 3.83. The Morgan fingerprint density at radius 2 is 1.87 bits per heavy atom. The number of allylic oxidation sites excluding steroid dienone is 1. The summed E-state index contributed by atoms with van der Waals surface area (Å²) in [6, 6.07) is 0. The number of carbonyl (C=O) groups excluding carboxylic acids is 1. The van der Waals surface area contributed by atoms with Gasteiger partial charge in [-0.1, -0.05) is 25.3 Å². The molecule has 84 valence electrons. The van der Waals surface area contributed by atoms with Gasteiger partial charge in [0.05, 0.1) is 0 Å². The van der Waals surface area contributed by atoms with Crippen LogP contribution in [0.25, 0.3) is 0 Å². The molecule has 4 nitrogen and oxygen atoms in total. The van der Waals surface area contributed by atoms with Crippen LogP contribution in [0.2, 0.25) is 0 Å². The van der Waals surface area contributed by atoms with Crippen molar-refractivity contribution < 1.29 is 14.7 Å². The van der Waals surface area contributed by atoms with E-state index in [1.807, 2.05) is 0 Å². The summed E-state index contributed by atoms with van der Waals surface area (Å²) in [5, 5.41) is 11.2. The maximum atomic E-state index is 11.7. The molecule has 1 aliphatic carbocycles.